The van der Waals surface area contributed by atoms with Crippen LogP contribution in [-0.2, 0) is 10.7 Å². The zero-order valence-electron chi connectivity index (χ0n) is 10.6. The fourth-order valence-electron chi connectivity index (χ4n) is 2.61. The van der Waals surface area contributed by atoms with Crippen LogP contribution in [0.4, 0.5) is 0 Å². The maximum absolute atomic E-state index is 13.3. The molecule has 1 aliphatic rings. The normalized spacial score (nSPS) is 25.4. The van der Waals surface area contributed by atoms with Gasteiger partial charge in [0, 0.05) is 5.92 Å². The van der Waals surface area contributed by atoms with E-state index in [0.717, 1.165) is 11.1 Å². The van der Waals surface area contributed by atoms with E-state index < -0.39 is 5.60 Å². The Balaban J connectivity index is 2.08. The summed E-state index contributed by atoms with van der Waals surface area (Å²) in [4.78, 5) is 0. The zero-order valence-corrected chi connectivity index (χ0v) is 10.6. The Morgan fingerprint density at radius 2 is 1.42 bits per heavy atom. The molecule has 0 saturated heterocycles. The van der Waals surface area contributed by atoms with Crippen molar-refractivity contribution in [1.82, 2.24) is 0 Å². The molecule has 19 heavy (non-hydrogen) atoms. The second-order valence-electron chi connectivity index (χ2n) is 4.79. The van der Waals surface area contributed by atoms with E-state index in [1.807, 2.05) is 78.9 Å². The van der Waals surface area contributed by atoms with Crippen molar-refractivity contribution in [2.75, 3.05) is 0 Å². The highest BCUT2D eigenvalue weighted by Gasteiger charge is 2.38. The van der Waals surface area contributed by atoms with Crippen LogP contribution in [0.25, 0.3) is 0 Å². The van der Waals surface area contributed by atoms with Gasteiger partial charge in [0.2, 0.25) is 0 Å². The van der Waals surface area contributed by atoms with Crippen LogP contribution < -0.4 is 0 Å². The maximum atomic E-state index is 13.3. The third kappa shape index (κ3) is 2.13. The monoisotopic (exact) mass is 247 g/mol. The van der Waals surface area contributed by atoms with Crippen molar-refractivity contribution in [1.29, 1.82) is 0 Å². The lowest BCUT2D eigenvalue weighted by Crippen LogP contribution is -2.30. The fraction of sp³-hybridized carbons (Fsp3) is 0.111. The van der Waals surface area contributed by atoms with Crippen LogP contribution in [0.3, 0.4) is 0 Å². The lowest BCUT2D eigenvalue weighted by Gasteiger charge is -2.32. The van der Waals surface area contributed by atoms with E-state index >= 15 is 0 Å². The smallest absolute Gasteiger partial charge is 0.157 e. The van der Waals surface area contributed by atoms with Crippen LogP contribution in [0.1, 0.15) is 17.0 Å². The molecule has 0 saturated carbocycles. The van der Waals surface area contributed by atoms with Crippen molar-refractivity contribution >= 4 is 0 Å². The summed E-state index contributed by atoms with van der Waals surface area (Å²) in [6.07, 6.45) is 7.56. The minimum absolute atomic E-state index is 0.166. The third-order valence-corrected chi connectivity index (χ3v) is 3.60. The number of hydrogen-bond acceptors (Lipinski definition) is 0. The number of allylic oxidation sites excluding steroid dienone is 2. The summed E-state index contributed by atoms with van der Waals surface area (Å²) < 4.78 is 0. The van der Waals surface area contributed by atoms with E-state index in [-0.39, 0.29) is 5.92 Å². The summed E-state index contributed by atoms with van der Waals surface area (Å²) in [5, 5.41) is 13.3. The fourth-order valence-corrected chi connectivity index (χ4v) is 2.61. The molecule has 0 bridgehead atoms. The van der Waals surface area contributed by atoms with Crippen molar-refractivity contribution in [3.8, 4) is 0 Å². The van der Waals surface area contributed by atoms with Gasteiger partial charge in [0.25, 0.3) is 0 Å². The Hall–Kier alpha value is -2.12. The lowest BCUT2D eigenvalue weighted by atomic mass is 9.75. The first-order chi connectivity index (χ1) is 9.31. The van der Waals surface area contributed by atoms with Gasteiger partial charge in [-0.15, -0.1) is 0 Å². The molecule has 1 nitrogen and oxygen atoms in total. The molecule has 3 rings (SSSR count). The second kappa shape index (κ2) is 4.87. The predicted octanol–water partition coefficient (Wildman–Crippen LogP) is 4.22. The van der Waals surface area contributed by atoms with Crippen molar-refractivity contribution < 1.29 is 5.11 Å². The van der Waals surface area contributed by atoms with Crippen LogP contribution in [0.15, 0.2) is 85.0 Å². The number of rotatable bonds is 2. The molecule has 2 unspecified atom stereocenters. The van der Waals surface area contributed by atoms with Gasteiger partial charge in [0.1, 0.15) is 0 Å². The highest BCUT2D eigenvalue weighted by molar-refractivity contribution is 5.41. The van der Waals surface area contributed by atoms with Gasteiger partial charge < -0.3 is 0 Å². The highest BCUT2D eigenvalue weighted by atomic mass is 16.3. The molecule has 0 fully saturated rings. The van der Waals surface area contributed by atoms with Crippen LogP contribution >= 0.6 is 0 Å². The Labute approximate surface area is 113 Å². The third-order valence-electron chi connectivity index (χ3n) is 3.60. The van der Waals surface area contributed by atoms with Gasteiger partial charge in [-0.05, 0) is 17.2 Å². The van der Waals surface area contributed by atoms with E-state index in [0.29, 0.717) is 0 Å². The Kier molecular flexibility index (Phi) is 3.06. The van der Waals surface area contributed by atoms with Crippen LogP contribution in [0, 0.1) is 0 Å². The summed E-state index contributed by atoms with van der Waals surface area (Å²) in [5.74, 6) is -0.166. The minimum atomic E-state index is -1.22. The van der Waals surface area contributed by atoms with Gasteiger partial charge in [0.15, 0.2) is 5.60 Å². The Bertz CT molecular complexity index is 598. The SMILES string of the molecule is [O]C1(c2ccccc2)C=CC=CC1c1ccccc1. The van der Waals surface area contributed by atoms with E-state index in [1.165, 1.54) is 0 Å². The first kappa shape index (κ1) is 11.9. The Morgan fingerprint density at radius 1 is 0.789 bits per heavy atom. The number of hydrogen-bond donors (Lipinski definition) is 0. The molecule has 1 aliphatic carbocycles. The molecule has 0 aromatic heterocycles. The maximum Gasteiger partial charge on any atom is 0.157 e. The Morgan fingerprint density at radius 3 is 2.11 bits per heavy atom. The average Bonchev–Trinajstić information content (AvgIpc) is 2.49. The molecule has 2 aromatic rings. The quantitative estimate of drug-likeness (QED) is 0.757. The first-order valence-corrected chi connectivity index (χ1v) is 6.47. The minimum Gasteiger partial charge on any atom is -0.219 e. The molecule has 0 aliphatic heterocycles. The molecular formula is C18H15O. The molecule has 0 spiro atoms. The van der Waals surface area contributed by atoms with Crippen molar-refractivity contribution in [3.05, 3.63) is 96.1 Å². The largest absolute Gasteiger partial charge is 0.219 e. The average molecular weight is 247 g/mol. The van der Waals surface area contributed by atoms with Gasteiger partial charge in [-0.1, -0.05) is 78.9 Å². The van der Waals surface area contributed by atoms with Gasteiger partial charge in [0.05, 0.1) is 0 Å². The molecule has 2 atom stereocenters. The van der Waals surface area contributed by atoms with Gasteiger partial charge >= 0.3 is 0 Å². The molecule has 1 radical (unpaired) electrons. The van der Waals surface area contributed by atoms with E-state index in [9.17, 15) is 5.11 Å². The second-order valence-corrected chi connectivity index (χ2v) is 4.79. The van der Waals surface area contributed by atoms with E-state index in [4.69, 9.17) is 0 Å². The summed E-state index contributed by atoms with van der Waals surface area (Å²) in [7, 11) is 0. The summed E-state index contributed by atoms with van der Waals surface area (Å²) in [5.41, 5.74) is 0.642. The zero-order chi connectivity index (χ0) is 13.1. The van der Waals surface area contributed by atoms with E-state index in [1.54, 1.807) is 6.08 Å². The summed E-state index contributed by atoms with van der Waals surface area (Å²) >= 11 is 0. The predicted molar refractivity (Wildman–Crippen MR) is 76.3 cm³/mol. The lowest BCUT2D eigenvalue weighted by molar-refractivity contribution is -0.00378. The van der Waals surface area contributed by atoms with Crippen LogP contribution in [-0.4, -0.2) is 0 Å². The topological polar surface area (TPSA) is 19.9 Å². The van der Waals surface area contributed by atoms with Gasteiger partial charge in [-0.25, -0.2) is 5.11 Å². The van der Waals surface area contributed by atoms with Crippen LogP contribution in [0.5, 0.6) is 0 Å². The van der Waals surface area contributed by atoms with Crippen molar-refractivity contribution in [2.45, 2.75) is 11.5 Å². The molecular weight excluding hydrogens is 232 g/mol. The van der Waals surface area contributed by atoms with Gasteiger partial charge in [-0.2, -0.15) is 0 Å². The molecule has 2 aromatic carbocycles. The molecule has 0 amide bonds. The highest BCUT2D eigenvalue weighted by Crippen LogP contribution is 2.41. The standard InChI is InChI=1S/C18H15O/c19-18(16-11-5-2-6-12-16)14-8-7-13-17(18)15-9-3-1-4-10-15/h1-14,17H. The summed E-state index contributed by atoms with van der Waals surface area (Å²) in [6, 6.07) is 19.6. The van der Waals surface area contributed by atoms with Crippen LogP contribution in [0.2, 0.25) is 0 Å². The van der Waals surface area contributed by atoms with Gasteiger partial charge in [-0.3, -0.25) is 0 Å². The molecule has 1 heteroatoms. The first-order valence-electron chi connectivity index (χ1n) is 6.47. The summed E-state index contributed by atoms with van der Waals surface area (Å²) in [6.45, 7) is 0. The van der Waals surface area contributed by atoms with E-state index in [2.05, 4.69) is 0 Å². The molecule has 0 heterocycles. The number of benzene rings is 2. The molecule has 0 N–H and O–H groups in total. The van der Waals surface area contributed by atoms with Crippen molar-refractivity contribution in [3.63, 3.8) is 0 Å². The molecule has 93 valence electrons. The van der Waals surface area contributed by atoms with Crippen molar-refractivity contribution in [2.24, 2.45) is 0 Å².